The largest absolute Gasteiger partial charge is 0.458 e. The lowest BCUT2D eigenvalue weighted by Crippen LogP contribution is -2.15. The molecule has 0 N–H and O–H groups in total. The zero-order valence-electron chi connectivity index (χ0n) is 17.0. The minimum atomic E-state index is -0.690. The number of ether oxygens (including phenoxy) is 4. The van der Waals surface area contributed by atoms with Crippen molar-refractivity contribution < 1.29 is 38.1 Å². The van der Waals surface area contributed by atoms with Gasteiger partial charge in [-0.3, -0.25) is 0 Å². The smallest absolute Gasteiger partial charge is 0.339 e. The van der Waals surface area contributed by atoms with Gasteiger partial charge in [0.25, 0.3) is 0 Å². The SMILES string of the molecule is O=C1OC/C=C/COC(=O)c2ccccc2C(=O)OC/C=C/COC(=O)c2ccccc21. The van der Waals surface area contributed by atoms with Gasteiger partial charge in [0.05, 0.1) is 22.3 Å². The van der Waals surface area contributed by atoms with Crippen molar-refractivity contribution >= 4 is 23.9 Å². The Kier molecular flexibility index (Phi) is 7.91. The topological polar surface area (TPSA) is 105 Å². The zero-order chi connectivity index (χ0) is 22.8. The zero-order valence-corrected chi connectivity index (χ0v) is 17.0. The number of hydrogen-bond acceptors (Lipinski definition) is 8. The molecule has 0 aliphatic carbocycles. The van der Waals surface area contributed by atoms with E-state index in [9.17, 15) is 19.2 Å². The molecule has 32 heavy (non-hydrogen) atoms. The first-order valence-corrected chi connectivity index (χ1v) is 9.74. The van der Waals surface area contributed by atoms with Gasteiger partial charge in [0, 0.05) is 0 Å². The highest BCUT2D eigenvalue weighted by molar-refractivity contribution is 6.03. The summed E-state index contributed by atoms with van der Waals surface area (Å²) in [7, 11) is 0. The molecule has 0 saturated carbocycles. The predicted octanol–water partition coefficient (Wildman–Crippen LogP) is 3.14. The van der Waals surface area contributed by atoms with Crippen molar-refractivity contribution in [1.29, 1.82) is 0 Å². The summed E-state index contributed by atoms with van der Waals surface area (Å²) in [5.41, 5.74) is 0.282. The molecule has 1 aliphatic rings. The molecule has 0 radical (unpaired) electrons. The number of benzene rings is 2. The van der Waals surface area contributed by atoms with E-state index >= 15 is 0 Å². The molecule has 2 aromatic rings. The molecule has 0 saturated heterocycles. The second kappa shape index (κ2) is 11.3. The van der Waals surface area contributed by atoms with E-state index in [1.54, 1.807) is 24.3 Å². The Morgan fingerprint density at radius 3 is 0.844 bits per heavy atom. The second-order valence-corrected chi connectivity index (χ2v) is 6.43. The third-order valence-corrected chi connectivity index (χ3v) is 4.31. The van der Waals surface area contributed by atoms with Gasteiger partial charge in [-0.05, 0) is 48.6 Å². The number of rotatable bonds is 0. The van der Waals surface area contributed by atoms with Gasteiger partial charge in [0.2, 0.25) is 0 Å². The molecule has 0 amide bonds. The molecule has 0 aromatic heterocycles. The molecule has 1 heterocycles. The lowest BCUT2D eigenvalue weighted by molar-refractivity contribution is 0.0489. The Hall–Kier alpha value is -4.20. The second-order valence-electron chi connectivity index (χ2n) is 6.43. The molecule has 164 valence electrons. The van der Waals surface area contributed by atoms with Gasteiger partial charge in [0.15, 0.2) is 0 Å². The van der Waals surface area contributed by atoms with Crippen LogP contribution in [0.1, 0.15) is 41.4 Å². The van der Waals surface area contributed by atoms with Crippen LogP contribution in [0.5, 0.6) is 0 Å². The number of carbonyl (C=O) groups excluding carboxylic acids is 4. The fraction of sp³-hybridized carbons (Fsp3) is 0.167. The van der Waals surface area contributed by atoms with E-state index < -0.39 is 23.9 Å². The van der Waals surface area contributed by atoms with Crippen molar-refractivity contribution in [2.45, 2.75) is 0 Å². The van der Waals surface area contributed by atoms with Gasteiger partial charge < -0.3 is 18.9 Å². The molecule has 2 aromatic carbocycles. The van der Waals surface area contributed by atoms with Crippen molar-refractivity contribution in [2.75, 3.05) is 26.4 Å². The van der Waals surface area contributed by atoms with Crippen LogP contribution >= 0.6 is 0 Å². The van der Waals surface area contributed by atoms with E-state index in [0.717, 1.165) is 0 Å². The number of esters is 4. The summed E-state index contributed by atoms with van der Waals surface area (Å²) in [6.45, 7) is -0.367. The van der Waals surface area contributed by atoms with E-state index in [1.807, 2.05) is 0 Å². The van der Waals surface area contributed by atoms with Crippen molar-refractivity contribution in [3.63, 3.8) is 0 Å². The van der Waals surface area contributed by atoms with E-state index in [-0.39, 0.29) is 48.7 Å². The molecule has 0 unspecified atom stereocenters. The average Bonchev–Trinajstić information content (AvgIpc) is 2.82. The predicted molar refractivity (Wildman–Crippen MR) is 112 cm³/mol. The van der Waals surface area contributed by atoms with Crippen LogP contribution in [0.2, 0.25) is 0 Å². The summed E-state index contributed by atoms with van der Waals surface area (Å²) in [5.74, 6) is -2.76. The van der Waals surface area contributed by atoms with Gasteiger partial charge in [0.1, 0.15) is 26.4 Å². The highest BCUT2D eigenvalue weighted by Gasteiger charge is 2.20. The molecule has 3 rings (SSSR count). The van der Waals surface area contributed by atoms with Crippen LogP contribution in [0, 0.1) is 0 Å². The third-order valence-electron chi connectivity index (χ3n) is 4.31. The lowest BCUT2D eigenvalue weighted by atomic mass is 10.1. The van der Waals surface area contributed by atoms with Gasteiger partial charge >= 0.3 is 23.9 Å². The van der Waals surface area contributed by atoms with E-state index in [1.165, 1.54) is 48.6 Å². The number of cyclic esters (lactones) is 4. The monoisotopic (exact) mass is 436 g/mol. The van der Waals surface area contributed by atoms with E-state index in [0.29, 0.717) is 0 Å². The maximum Gasteiger partial charge on any atom is 0.339 e. The summed E-state index contributed by atoms with van der Waals surface area (Å²) < 4.78 is 20.6. The summed E-state index contributed by atoms with van der Waals surface area (Å²) in [4.78, 5) is 49.3. The van der Waals surface area contributed by atoms with Crippen LogP contribution in [0.3, 0.4) is 0 Å². The number of fused-ring (bicyclic) bond motifs is 2. The summed E-state index contributed by atoms with van der Waals surface area (Å²) in [6.07, 6.45) is 5.98. The molecule has 8 nitrogen and oxygen atoms in total. The summed E-state index contributed by atoms with van der Waals surface area (Å²) in [6, 6.07) is 12.3. The van der Waals surface area contributed by atoms with Crippen molar-refractivity contribution in [1.82, 2.24) is 0 Å². The van der Waals surface area contributed by atoms with Gasteiger partial charge in [-0.2, -0.15) is 0 Å². The molecular weight excluding hydrogens is 416 g/mol. The summed E-state index contributed by atoms with van der Waals surface area (Å²) >= 11 is 0. The minimum Gasteiger partial charge on any atom is -0.458 e. The molecule has 0 spiro atoms. The standard InChI is InChI=1S/C24H20O8/c25-21-17-9-1-2-10-18(17)22(26)30-14-7-8-16-32-24(28)20-12-4-3-11-19(20)23(27)31-15-6-5-13-29-21/h1-12H,13-16H2/b6-5+,8-7+. The highest BCUT2D eigenvalue weighted by atomic mass is 16.5. The maximum absolute atomic E-state index is 12.3. The Morgan fingerprint density at radius 2 is 0.625 bits per heavy atom. The minimum absolute atomic E-state index is 0.0706. The quantitative estimate of drug-likeness (QED) is 0.352. The van der Waals surface area contributed by atoms with E-state index in [2.05, 4.69) is 0 Å². The third kappa shape index (κ3) is 5.91. The van der Waals surface area contributed by atoms with Gasteiger partial charge in [-0.25, -0.2) is 19.2 Å². The Morgan fingerprint density at radius 1 is 0.406 bits per heavy atom. The van der Waals surface area contributed by atoms with Crippen LogP contribution in [0.25, 0.3) is 0 Å². The molecular formula is C24H20O8. The van der Waals surface area contributed by atoms with Crippen LogP contribution in [-0.2, 0) is 18.9 Å². The Bertz CT molecular complexity index is 900. The van der Waals surface area contributed by atoms with Crippen molar-refractivity contribution in [2.24, 2.45) is 0 Å². The average molecular weight is 436 g/mol. The van der Waals surface area contributed by atoms with Gasteiger partial charge in [-0.1, -0.05) is 24.3 Å². The maximum atomic E-state index is 12.3. The normalized spacial score (nSPS) is 18.0. The van der Waals surface area contributed by atoms with Crippen LogP contribution < -0.4 is 0 Å². The Labute approximate surface area is 184 Å². The van der Waals surface area contributed by atoms with Crippen LogP contribution in [0.15, 0.2) is 72.8 Å². The Balaban J connectivity index is 1.77. The molecule has 0 atom stereocenters. The van der Waals surface area contributed by atoms with Crippen LogP contribution in [0.4, 0.5) is 0 Å². The molecule has 1 aliphatic heterocycles. The van der Waals surface area contributed by atoms with Crippen LogP contribution in [-0.4, -0.2) is 50.3 Å². The first-order chi connectivity index (χ1) is 15.6. The lowest BCUT2D eigenvalue weighted by Gasteiger charge is -2.09. The van der Waals surface area contributed by atoms with Crippen molar-refractivity contribution in [3.8, 4) is 0 Å². The fourth-order valence-electron chi connectivity index (χ4n) is 2.76. The van der Waals surface area contributed by atoms with E-state index in [4.69, 9.17) is 18.9 Å². The first-order valence-electron chi connectivity index (χ1n) is 9.74. The first kappa shape index (κ1) is 22.5. The number of carbonyl (C=O) groups is 4. The highest BCUT2D eigenvalue weighted by Crippen LogP contribution is 2.14. The summed E-state index contributed by atoms with van der Waals surface area (Å²) in [5, 5.41) is 0. The fourth-order valence-corrected chi connectivity index (χ4v) is 2.76. The molecule has 0 fully saturated rings. The van der Waals surface area contributed by atoms with Crippen molar-refractivity contribution in [3.05, 3.63) is 95.1 Å². The molecule has 0 bridgehead atoms. The molecule has 8 heteroatoms. The number of hydrogen-bond donors (Lipinski definition) is 0. The van der Waals surface area contributed by atoms with Gasteiger partial charge in [-0.15, -0.1) is 0 Å².